The maximum absolute atomic E-state index is 12.0. The first-order valence-electron chi connectivity index (χ1n) is 6.44. The molecule has 0 fully saturated rings. The monoisotopic (exact) mass is 435 g/mol. The van der Waals surface area contributed by atoms with E-state index in [1.165, 1.54) is 4.88 Å². The highest BCUT2D eigenvalue weighted by molar-refractivity contribution is 14.0. The van der Waals surface area contributed by atoms with Crippen LogP contribution in [0.15, 0.2) is 22.5 Å². The van der Waals surface area contributed by atoms with E-state index in [2.05, 4.69) is 28.6 Å². The normalized spacial score (nSPS) is 13.5. The number of alkyl halides is 3. The Kier molecular flexibility index (Phi) is 10.0. The Hall–Kier alpha value is -0.510. The van der Waals surface area contributed by atoms with Crippen LogP contribution < -0.4 is 10.6 Å². The molecule has 0 aliphatic heterocycles. The molecule has 8 heteroatoms. The van der Waals surface area contributed by atoms with Gasteiger partial charge in [-0.3, -0.25) is 4.99 Å². The molecular formula is C13H21F3IN3S. The van der Waals surface area contributed by atoms with E-state index in [0.29, 0.717) is 18.4 Å². The predicted molar refractivity (Wildman–Crippen MR) is 92.6 cm³/mol. The molecule has 0 spiro atoms. The zero-order valence-corrected chi connectivity index (χ0v) is 15.2. The van der Waals surface area contributed by atoms with Crippen LogP contribution in [0, 0.1) is 5.92 Å². The number of halogens is 4. The van der Waals surface area contributed by atoms with Gasteiger partial charge in [0, 0.05) is 25.0 Å². The van der Waals surface area contributed by atoms with Crippen LogP contribution in [0.4, 0.5) is 13.2 Å². The molecule has 0 amide bonds. The average molecular weight is 435 g/mol. The van der Waals surface area contributed by atoms with Crippen LogP contribution in [-0.4, -0.2) is 32.3 Å². The van der Waals surface area contributed by atoms with E-state index in [-0.39, 0.29) is 30.5 Å². The summed E-state index contributed by atoms with van der Waals surface area (Å²) < 4.78 is 36.1. The van der Waals surface area contributed by atoms with Crippen LogP contribution in [0.25, 0.3) is 0 Å². The van der Waals surface area contributed by atoms with Crippen molar-refractivity contribution < 1.29 is 13.2 Å². The summed E-state index contributed by atoms with van der Waals surface area (Å²) in [5.41, 5.74) is 0. The Balaban J connectivity index is 0.00000400. The minimum absolute atomic E-state index is 0. The van der Waals surface area contributed by atoms with E-state index in [4.69, 9.17) is 0 Å². The first kappa shape index (κ1) is 20.5. The minimum Gasteiger partial charge on any atom is -0.356 e. The smallest absolute Gasteiger partial charge is 0.356 e. The molecular weight excluding hydrogens is 414 g/mol. The fourth-order valence-electron chi connectivity index (χ4n) is 1.66. The van der Waals surface area contributed by atoms with Gasteiger partial charge in [0.05, 0.1) is 6.42 Å². The second-order valence-corrected chi connectivity index (χ2v) is 5.67. The van der Waals surface area contributed by atoms with Crippen molar-refractivity contribution >= 4 is 41.3 Å². The van der Waals surface area contributed by atoms with E-state index in [9.17, 15) is 13.2 Å². The lowest BCUT2D eigenvalue weighted by atomic mass is 10.1. The molecule has 0 aliphatic carbocycles. The molecule has 0 bridgehead atoms. The lowest BCUT2D eigenvalue weighted by molar-refractivity contribution is -0.132. The number of hydrogen-bond donors (Lipinski definition) is 2. The Morgan fingerprint density at radius 3 is 2.62 bits per heavy atom. The quantitative estimate of drug-likeness (QED) is 0.407. The standard InChI is InChI=1S/C13H20F3N3S.HI/c1-10(8-11-4-3-7-20-11)9-19-12(17-2)18-6-5-13(14,15)16;/h3-4,7,10H,5-6,8-9H2,1-2H3,(H2,17,18,19);1H. The molecule has 3 nitrogen and oxygen atoms in total. The molecule has 1 rings (SSSR count). The maximum atomic E-state index is 12.0. The first-order chi connectivity index (χ1) is 9.40. The number of guanidine groups is 1. The lowest BCUT2D eigenvalue weighted by Crippen LogP contribution is -2.40. The molecule has 1 atom stereocenters. The maximum Gasteiger partial charge on any atom is 0.390 e. The van der Waals surface area contributed by atoms with Gasteiger partial charge in [-0.15, -0.1) is 35.3 Å². The van der Waals surface area contributed by atoms with Gasteiger partial charge in [-0.2, -0.15) is 13.2 Å². The van der Waals surface area contributed by atoms with Crippen molar-refractivity contribution in [3.63, 3.8) is 0 Å². The van der Waals surface area contributed by atoms with Gasteiger partial charge in [0.2, 0.25) is 0 Å². The van der Waals surface area contributed by atoms with Crippen LogP contribution >= 0.6 is 35.3 Å². The van der Waals surface area contributed by atoms with Crippen molar-refractivity contribution in [3.8, 4) is 0 Å². The summed E-state index contributed by atoms with van der Waals surface area (Å²) in [5, 5.41) is 7.74. The number of rotatable bonds is 6. The van der Waals surface area contributed by atoms with Crippen LogP contribution in [-0.2, 0) is 6.42 Å². The second kappa shape index (κ2) is 10.3. The number of hydrogen-bond acceptors (Lipinski definition) is 2. The predicted octanol–water partition coefficient (Wildman–Crippen LogP) is 3.66. The number of thiophene rings is 1. The minimum atomic E-state index is -4.14. The lowest BCUT2D eigenvalue weighted by Gasteiger charge is -2.16. The van der Waals surface area contributed by atoms with Gasteiger partial charge in [-0.05, 0) is 23.8 Å². The topological polar surface area (TPSA) is 36.4 Å². The third kappa shape index (κ3) is 9.94. The van der Waals surface area contributed by atoms with Crippen LogP contribution in [0.2, 0.25) is 0 Å². The largest absolute Gasteiger partial charge is 0.390 e. The van der Waals surface area contributed by atoms with Crippen molar-refractivity contribution in [1.82, 2.24) is 10.6 Å². The third-order valence-electron chi connectivity index (χ3n) is 2.67. The van der Waals surface area contributed by atoms with E-state index in [0.717, 1.165) is 6.42 Å². The highest BCUT2D eigenvalue weighted by atomic mass is 127. The summed E-state index contributed by atoms with van der Waals surface area (Å²) >= 11 is 1.71. The van der Waals surface area contributed by atoms with Gasteiger partial charge in [0.1, 0.15) is 0 Å². The van der Waals surface area contributed by atoms with Gasteiger partial charge in [0.15, 0.2) is 5.96 Å². The summed E-state index contributed by atoms with van der Waals surface area (Å²) in [5.74, 6) is 0.794. The molecule has 0 saturated heterocycles. The zero-order valence-electron chi connectivity index (χ0n) is 12.0. The van der Waals surface area contributed by atoms with E-state index in [1.807, 2.05) is 11.4 Å². The summed E-state index contributed by atoms with van der Waals surface area (Å²) in [6.07, 6.45) is -4.05. The van der Waals surface area contributed by atoms with Crippen molar-refractivity contribution in [2.45, 2.75) is 25.9 Å². The molecule has 1 unspecified atom stereocenters. The molecule has 0 aliphatic rings. The summed E-state index contributed by atoms with van der Waals surface area (Å²) in [6.45, 7) is 2.60. The molecule has 2 N–H and O–H groups in total. The van der Waals surface area contributed by atoms with E-state index >= 15 is 0 Å². The van der Waals surface area contributed by atoms with Crippen molar-refractivity contribution in [3.05, 3.63) is 22.4 Å². The zero-order chi connectivity index (χ0) is 15.0. The van der Waals surface area contributed by atoms with Gasteiger partial charge >= 0.3 is 6.18 Å². The Bertz CT molecular complexity index is 407. The number of nitrogens with one attached hydrogen (secondary N) is 2. The molecule has 1 aromatic heterocycles. The highest BCUT2D eigenvalue weighted by Crippen LogP contribution is 2.18. The van der Waals surface area contributed by atoms with E-state index in [1.54, 1.807) is 18.4 Å². The Morgan fingerprint density at radius 1 is 1.38 bits per heavy atom. The number of nitrogens with zero attached hydrogens (tertiary/aromatic N) is 1. The molecule has 0 aromatic carbocycles. The third-order valence-corrected chi connectivity index (χ3v) is 3.57. The van der Waals surface area contributed by atoms with Crippen molar-refractivity contribution in [2.75, 3.05) is 20.1 Å². The highest BCUT2D eigenvalue weighted by Gasteiger charge is 2.26. The van der Waals surface area contributed by atoms with Crippen LogP contribution in [0.1, 0.15) is 18.2 Å². The molecule has 0 saturated carbocycles. The number of aliphatic imine (C=N–C) groups is 1. The van der Waals surface area contributed by atoms with Crippen LogP contribution in [0.5, 0.6) is 0 Å². The summed E-state index contributed by atoms with van der Waals surface area (Å²) in [7, 11) is 1.55. The molecule has 122 valence electrons. The average Bonchev–Trinajstić information content (AvgIpc) is 2.84. The second-order valence-electron chi connectivity index (χ2n) is 4.63. The molecule has 1 heterocycles. The fourth-order valence-corrected chi connectivity index (χ4v) is 2.53. The first-order valence-corrected chi connectivity index (χ1v) is 7.32. The fraction of sp³-hybridized carbons (Fsp3) is 0.615. The van der Waals surface area contributed by atoms with Gasteiger partial charge in [0.25, 0.3) is 0 Å². The summed E-state index contributed by atoms with van der Waals surface area (Å²) in [6, 6.07) is 4.09. The van der Waals surface area contributed by atoms with Crippen molar-refractivity contribution in [1.29, 1.82) is 0 Å². The van der Waals surface area contributed by atoms with Gasteiger partial charge in [-0.25, -0.2) is 0 Å². The van der Waals surface area contributed by atoms with Gasteiger partial charge in [-0.1, -0.05) is 13.0 Å². The molecule has 21 heavy (non-hydrogen) atoms. The van der Waals surface area contributed by atoms with Crippen LogP contribution in [0.3, 0.4) is 0 Å². The Labute approximate surface area is 144 Å². The Morgan fingerprint density at radius 2 is 2.10 bits per heavy atom. The molecule has 1 aromatic rings. The SMILES string of the molecule is CN=C(NCCC(F)(F)F)NCC(C)Cc1cccs1.I. The summed E-state index contributed by atoms with van der Waals surface area (Å²) in [4.78, 5) is 5.21. The van der Waals surface area contributed by atoms with E-state index < -0.39 is 12.6 Å². The van der Waals surface area contributed by atoms with Gasteiger partial charge < -0.3 is 10.6 Å². The molecule has 0 radical (unpaired) electrons. The van der Waals surface area contributed by atoms with Crippen molar-refractivity contribution in [2.24, 2.45) is 10.9 Å².